The molecule has 0 aliphatic rings. The van der Waals surface area contributed by atoms with Crippen LogP contribution in [0.3, 0.4) is 0 Å². The Bertz CT molecular complexity index is 126. The van der Waals surface area contributed by atoms with Gasteiger partial charge < -0.3 is 9.84 Å². The van der Waals surface area contributed by atoms with E-state index in [9.17, 15) is 5.11 Å². The van der Waals surface area contributed by atoms with E-state index in [0.29, 0.717) is 6.10 Å². The predicted octanol–water partition coefficient (Wildman–Crippen LogP) is 3.52. The lowest BCUT2D eigenvalue weighted by molar-refractivity contribution is 0.0769. The van der Waals surface area contributed by atoms with Gasteiger partial charge in [0.2, 0.25) is 0 Å². The summed E-state index contributed by atoms with van der Waals surface area (Å²) in [4.78, 5) is 0. The Morgan fingerprint density at radius 3 is 2.13 bits per heavy atom. The first-order valence-corrected chi connectivity index (χ1v) is 6.45. The monoisotopic (exact) mass is 216 g/mol. The molecule has 2 nitrogen and oxygen atoms in total. The van der Waals surface area contributed by atoms with Crippen molar-refractivity contribution >= 4 is 0 Å². The van der Waals surface area contributed by atoms with Crippen molar-refractivity contribution in [3.63, 3.8) is 0 Å². The van der Waals surface area contributed by atoms with Gasteiger partial charge in [-0.3, -0.25) is 0 Å². The van der Waals surface area contributed by atoms with Gasteiger partial charge in [-0.15, -0.1) is 0 Å². The van der Waals surface area contributed by atoms with Gasteiger partial charge in [-0.25, -0.2) is 0 Å². The largest absolute Gasteiger partial charge is 0.393 e. The van der Waals surface area contributed by atoms with Crippen molar-refractivity contribution in [2.24, 2.45) is 0 Å². The van der Waals surface area contributed by atoms with Gasteiger partial charge in [-0.1, -0.05) is 33.1 Å². The number of hydrogen-bond donors (Lipinski definition) is 1. The van der Waals surface area contributed by atoms with Crippen molar-refractivity contribution in [2.75, 3.05) is 7.11 Å². The van der Waals surface area contributed by atoms with Crippen molar-refractivity contribution in [3.05, 3.63) is 0 Å². The zero-order valence-corrected chi connectivity index (χ0v) is 10.7. The fraction of sp³-hybridized carbons (Fsp3) is 1.00. The fourth-order valence-corrected chi connectivity index (χ4v) is 1.87. The number of methoxy groups -OCH3 is 1. The van der Waals surface area contributed by atoms with Crippen LogP contribution in [0.5, 0.6) is 0 Å². The van der Waals surface area contributed by atoms with Crippen LogP contribution in [0.4, 0.5) is 0 Å². The van der Waals surface area contributed by atoms with Crippen LogP contribution in [0.2, 0.25) is 0 Å². The highest BCUT2D eigenvalue weighted by molar-refractivity contribution is 4.61. The number of hydrogen-bond acceptors (Lipinski definition) is 2. The number of unbranched alkanes of at least 4 members (excludes halogenated alkanes) is 1. The summed E-state index contributed by atoms with van der Waals surface area (Å²) in [7, 11) is 1.79. The van der Waals surface area contributed by atoms with E-state index in [2.05, 4.69) is 13.8 Å². The third-order valence-corrected chi connectivity index (χ3v) is 2.90. The molecule has 2 atom stereocenters. The van der Waals surface area contributed by atoms with Crippen molar-refractivity contribution in [1.29, 1.82) is 0 Å². The lowest BCUT2D eigenvalue weighted by atomic mass is 10.0. The van der Waals surface area contributed by atoms with Crippen molar-refractivity contribution in [1.82, 2.24) is 0 Å². The van der Waals surface area contributed by atoms with Gasteiger partial charge in [0.05, 0.1) is 12.2 Å². The first-order chi connectivity index (χ1) is 7.24. The molecule has 1 N–H and O–H groups in total. The van der Waals surface area contributed by atoms with Crippen LogP contribution in [0.25, 0.3) is 0 Å². The van der Waals surface area contributed by atoms with Crippen LogP contribution in [0, 0.1) is 0 Å². The molecule has 92 valence electrons. The van der Waals surface area contributed by atoms with E-state index < -0.39 is 0 Å². The van der Waals surface area contributed by atoms with E-state index in [1.165, 1.54) is 12.8 Å². The highest BCUT2D eigenvalue weighted by Crippen LogP contribution is 2.14. The predicted molar refractivity (Wildman–Crippen MR) is 65.1 cm³/mol. The van der Waals surface area contributed by atoms with Crippen LogP contribution in [0.15, 0.2) is 0 Å². The minimum atomic E-state index is -0.0984. The maximum absolute atomic E-state index is 9.57. The maximum atomic E-state index is 9.57. The molecule has 0 spiro atoms. The molecule has 0 saturated heterocycles. The molecule has 0 heterocycles. The molecule has 2 heteroatoms. The number of rotatable bonds is 10. The van der Waals surface area contributed by atoms with E-state index in [1.54, 1.807) is 7.11 Å². The summed E-state index contributed by atoms with van der Waals surface area (Å²) in [6.45, 7) is 4.32. The summed E-state index contributed by atoms with van der Waals surface area (Å²) >= 11 is 0. The van der Waals surface area contributed by atoms with E-state index in [4.69, 9.17) is 4.74 Å². The van der Waals surface area contributed by atoms with Gasteiger partial charge in [-0.2, -0.15) is 0 Å². The summed E-state index contributed by atoms with van der Waals surface area (Å²) in [5.41, 5.74) is 0. The zero-order valence-electron chi connectivity index (χ0n) is 10.7. The summed E-state index contributed by atoms with van der Waals surface area (Å²) in [6.07, 6.45) is 9.07. The molecule has 0 aromatic rings. The molecule has 0 aromatic carbocycles. The minimum Gasteiger partial charge on any atom is -0.393 e. The minimum absolute atomic E-state index is 0.0984. The van der Waals surface area contributed by atoms with Gasteiger partial charge in [0.15, 0.2) is 0 Å². The molecule has 15 heavy (non-hydrogen) atoms. The van der Waals surface area contributed by atoms with Gasteiger partial charge in [0.1, 0.15) is 0 Å². The highest BCUT2D eigenvalue weighted by Gasteiger charge is 2.08. The Morgan fingerprint density at radius 1 is 0.933 bits per heavy atom. The summed E-state index contributed by atoms with van der Waals surface area (Å²) in [5, 5.41) is 9.57. The standard InChI is InChI=1S/C13H28O2/c1-4-6-10-13(15-3)11-7-9-12(14)8-5-2/h12-14H,4-11H2,1-3H3. The lowest BCUT2D eigenvalue weighted by Gasteiger charge is -2.15. The topological polar surface area (TPSA) is 29.5 Å². The fourth-order valence-electron chi connectivity index (χ4n) is 1.87. The molecule has 0 amide bonds. The van der Waals surface area contributed by atoms with Crippen molar-refractivity contribution in [3.8, 4) is 0 Å². The Balaban J connectivity index is 3.44. The molecule has 0 rings (SSSR count). The summed E-state index contributed by atoms with van der Waals surface area (Å²) in [5.74, 6) is 0. The smallest absolute Gasteiger partial charge is 0.0571 e. The first-order valence-electron chi connectivity index (χ1n) is 6.45. The van der Waals surface area contributed by atoms with Gasteiger partial charge >= 0.3 is 0 Å². The molecule has 0 radical (unpaired) electrons. The third kappa shape index (κ3) is 8.88. The van der Waals surface area contributed by atoms with Crippen LogP contribution in [-0.4, -0.2) is 24.4 Å². The van der Waals surface area contributed by atoms with Crippen LogP contribution in [-0.2, 0) is 4.74 Å². The van der Waals surface area contributed by atoms with Gasteiger partial charge in [0, 0.05) is 7.11 Å². The van der Waals surface area contributed by atoms with Crippen LogP contribution in [0.1, 0.15) is 65.2 Å². The van der Waals surface area contributed by atoms with Gasteiger partial charge in [-0.05, 0) is 32.1 Å². The molecule has 0 saturated carbocycles. The second-order valence-corrected chi connectivity index (χ2v) is 4.37. The van der Waals surface area contributed by atoms with E-state index >= 15 is 0 Å². The Labute approximate surface area is 95.0 Å². The summed E-state index contributed by atoms with van der Waals surface area (Å²) in [6, 6.07) is 0. The quantitative estimate of drug-likeness (QED) is 0.605. The number of aliphatic hydroxyl groups excluding tert-OH is 1. The van der Waals surface area contributed by atoms with E-state index in [-0.39, 0.29) is 6.10 Å². The van der Waals surface area contributed by atoms with Gasteiger partial charge in [0.25, 0.3) is 0 Å². The molecule has 0 bridgehead atoms. The SMILES string of the molecule is CCCCC(CCCC(O)CCC)OC. The molecule has 0 aliphatic heterocycles. The molecule has 2 unspecified atom stereocenters. The molecular weight excluding hydrogens is 188 g/mol. The van der Waals surface area contributed by atoms with Crippen molar-refractivity contribution in [2.45, 2.75) is 77.4 Å². The number of aliphatic hydroxyl groups is 1. The zero-order chi connectivity index (χ0) is 11.5. The normalized spacial score (nSPS) is 15.2. The molecule has 0 aromatic heterocycles. The third-order valence-electron chi connectivity index (χ3n) is 2.90. The summed E-state index contributed by atoms with van der Waals surface area (Å²) < 4.78 is 5.41. The van der Waals surface area contributed by atoms with Crippen molar-refractivity contribution < 1.29 is 9.84 Å². The Kier molecular flexibility index (Phi) is 10.4. The maximum Gasteiger partial charge on any atom is 0.0571 e. The molecule has 0 aliphatic carbocycles. The van der Waals surface area contributed by atoms with E-state index in [1.807, 2.05) is 0 Å². The van der Waals surface area contributed by atoms with Crippen LogP contribution >= 0.6 is 0 Å². The molecule has 0 fully saturated rings. The Hall–Kier alpha value is -0.0800. The second-order valence-electron chi connectivity index (χ2n) is 4.37. The molecular formula is C13H28O2. The first kappa shape index (κ1) is 14.9. The highest BCUT2D eigenvalue weighted by atomic mass is 16.5. The average molecular weight is 216 g/mol. The Morgan fingerprint density at radius 2 is 1.60 bits per heavy atom. The second kappa shape index (κ2) is 10.4. The van der Waals surface area contributed by atoms with E-state index in [0.717, 1.165) is 38.5 Å². The lowest BCUT2D eigenvalue weighted by Crippen LogP contribution is -2.12. The average Bonchev–Trinajstić information content (AvgIpc) is 2.23. The van der Waals surface area contributed by atoms with Crippen LogP contribution < -0.4 is 0 Å². The number of ether oxygens (including phenoxy) is 1.